The molecule has 0 aliphatic carbocycles. The number of nitrogens with zero attached hydrogens (tertiary/aromatic N) is 2. The average molecular weight is 663 g/mol. The van der Waals surface area contributed by atoms with Crippen LogP contribution in [0.1, 0.15) is 0 Å². The Balaban J connectivity index is 1.09. The molecule has 52 heavy (non-hydrogen) atoms. The van der Waals surface area contributed by atoms with Crippen LogP contribution in [0.4, 0.5) is 17.1 Å². The maximum atomic E-state index is 2.40. The van der Waals surface area contributed by atoms with Gasteiger partial charge in [-0.15, -0.1) is 0 Å². The Hall–Kier alpha value is -6.90. The van der Waals surface area contributed by atoms with Crippen molar-refractivity contribution in [2.24, 2.45) is 0 Å². The predicted octanol–water partition coefficient (Wildman–Crippen LogP) is 13.9. The third-order valence-corrected chi connectivity index (χ3v) is 10.3. The Kier molecular flexibility index (Phi) is 7.18. The second kappa shape index (κ2) is 12.5. The molecule has 0 amide bonds. The lowest BCUT2D eigenvalue weighted by atomic mass is 10.0. The SMILES string of the molecule is c1ccc(-c2cccc(N(c3ccc(-c4ccc5ccccc5c4)cc3)c3ccc(-n4c5ccccc5c5cc6ccccc6cc54)cc3)c2)cc1. The smallest absolute Gasteiger partial charge is 0.0547 e. The molecule has 0 unspecified atom stereocenters. The molecule has 1 heterocycles. The van der Waals surface area contributed by atoms with Crippen LogP contribution < -0.4 is 4.90 Å². The molecule has 0 spiro atoms. The Morgan fingerprint density at radius 1 is 0.288 bits per heavy atom. The molecule has 10 rings (SSSR count). The van der Waals surface area contributed by atoms with E-state index < -0.39 is 0 Å². The molecule has 0 bridgehead atoms. The summed E-state index contributed by atoms with van der Waals surface area (Å²) in [6.07, 6.45) is 0. The van der Waals surface area contributed by atoms with Gasteiger partial charge in [0.1, 0.15) is 0 Å². The molecular weight excluding hydrogens is 629 g/mol. The van der Waals surface area contributed by atoms with E-state index in [-0.39, 0.29) is 0 Å². The molecule has 1 aromatic heterocycles. The topological polar surface area (TPSA) is 8.17 Å². The van der Waals surface area contributed by atoms with Crippen LogP contribution in [0, 0.1) is 0 Å². The Bertz CT molecular complexity index is 2880. The van der Waals surface area contributed by atoms with Crippen LogP contribution in [0.5, 0.6) is 0 Å². The number of benzene rings is 9. The monoisotopic (exact) mass is 662 g/mol. The van der Waals surface area contributed by atoms with Crippen LogP contribution in [0.15, 0.2) is 206 Å². The van der Waals surface area contributed by atoms with Crippen molar-refractivity contribution < 1.29 is 0 Å². The van der Waals surface area contributed by atoms with E-state index in [0.717, 1.165) is 22.7 Å². The lowest BCUT2D eigenvalue weighted by Crippen LogP contribution is -2.10. The zero-order chi connectivity index (χ0) is 34.4. The van der Waals surface area contributed by atoms with Crippen molar-refractivity contribution in [3.05, 3.63) is 206 Å². The van der Waals surface area contributed by atoms with Gasteiger partial charge in [-0.2, -0.15) is 0 Å². The third-order valence-electron chi connectivity index (χ3n) is 10.3. The van der Waals surface area contributed by atoms with E-state index in [2.05, 4.69) is 216 Å². The number of fused-ring (bicyclic) bond motifs is 5. The predicted molar refractivity (Wildman–Crippen MR) is 221 cm³/mol. The standard InChI is InChI=1S/C50H34N2/c1-2-11-35(12-3-1)39-17-10-18-46(32-39)51(43-25-23-37(24-26-43)42-22-21-36-13-4-5-14-38(36)31-42)44-27-29-45(30-28-44)52-49-20-9-8-19-47(49)48-33-40-15-6-7-16-41(40)34-50(48)52/h1-34H. The molecule has 2 heteroatoms. The number of hydrogen-bond acceptors (Lipinski definition) is 1. The molecule has 0 fully saturated rings. The largest absolute Gasteiger partial charge is 0.310 e. The van der Waals surface area contributed by atoms with Crippen molar-refractivity contribution in [2.75, 3.05) is 4.90 Å². The molecule has 244 valence electrons. The molecule has 0 radical (unpaired) electrons. The van der Waals surface area contributed by atoms with Crippen molar-refractivity contribution >= 4 is 60.4 Å². The van der Waals surface area contributed by atoms with Gasteiger partial charge in [-0.05, 0) is 117 Å². The van der Waals surface area contributed by atoms with E-state index in [4.69, 9.17) is 0 Å². The summed E-state index contributed by atoms with van der Waals surface area (Å²) >= 11 is 0. The number of hydrogen-bond donors (Lipinski definition) is 0. The van der Waals surface area contributed by atoms with Gasteiger partial charge >= 0.3 is 0 Å². The Labute approximate surface area is 303 Å². The van der Waals surface area contributed by atoms with E-state index in [9.17, 15) is 0 Å². The highest BCUT2D eigenvalue weighted by molar-refractivity contribution is 6.13. The summed E-state index contributed by atoms with van der Waals surface area (Å²) < 4.78 is 2.40. The summed E-state index contributed by atoms with van der Waals surface area (Å²) in [6.45, 7) is 0. The van der Waals surface area contributed by atoms with E-state index >= 15 is 0 Å². The van der Waals surface area contributed by atoms with Crippen LogP contribution in [-0.4, -0.2) is 4.57 Å². The summed E-state index contributed by atoms with van der Waals surface area (Å²) in [5, 5.41) is 7.54. The van der Waals surface area contributed by atoms with Gasteiger partial charge in [-0.25, -0.2) is 0 Å². The van der Waals surface area contributed by atoms with Crippen molar-refractivity contribution in [1.82, 2.24) is 4.57 Å². The van der Waals surface area contributed by atoms with Crippen LogP contribution in [0.3, 0.4) is 0 Å². The summed E-state index contributed by atoms with van der Waals surface area (Å²) in [5.41, 5.74) is 11.7. The molecule has 0 saturated heterocycles. The van der Waals surface area contributed by atoms with Gasteiger partial charge in [0.05, 0.1) is 11.0 Å². The molecule has 0 saturated carbocycles. The number of para-hydroxylation sites is 1. The van der Waals surface area contributed by atoms with Gasteiger partial charge < -0.3 is 9.47 Å². The fourth-order valence-corrected chi connectivity index (χ4v) is 7.76. The lowest BCUT2D eigenvalue weighted by Gasteiger charge is -2.26. The van der Waals surface area contributed by atoms with Gasteiger partial charge in [0.15, 0.2) is 0 Å². The van der Waals surface area contributed by atoms with Crippen molar-refractivity contribution in [3.63, 3.8) is 0 Å². The average Bonchev–Trinajstić information content (AvgIpc) is 3.54. The molecule has 0 atom stereocenters. The normalized spacial score (nSPS) is 11.5. The van der Waals surface area contributed by atoms with Gasteiger partial charge in [0, 0.05) is 33.5 Å². The Morgan fingerprint density at radius 3 is 1.62 bits per heavy atom. The number of aromatic nitrogens is 1. The van der Waals surface area contributed by atoms with Crippen LogP contribution in [0.25, 0.3) is 71.3 Å². The third kappa shape index (κ3) is 5.21. The second-order valence-electron chi connectivity index (χ2n) is 13.4. The van der Waals surface area contributed by atoms with Crippen molar-refractivity contribution in [1.29, 1.82) is 0 Å². The first-order valence-corrected chi connectivity index (χ1v) is 17.8. The molecular formula is C50H34N2. The highest BCUT2D eigenvalue weighted by Crippen LogP contribution is 2.40. The van der Waals surface area contributed by atoms with Crippen molar-refractivity contribution in [2.45, 2.75) is 0 Å². The number of rotatable bonds is 6. The van der Waals surface area contributed by atoms with Gasteiger partial charge in [-0.1, -0.05) is 133 Å². The Morgan fingerprint density at radius 2 is 0.846 bits per heavy atom. The highest BCUT2D eigenvalue weighted by atomic mass is 15.1. The van der Waals surface area contributed by atoms with E-state index in [0.29, 0.717) is 0 Å². The summed E-state index contributed by atoms with van der Waals surface area (Å²) in [7, 11) is 0. The van der Waals surface area contributed by atoms with E-state index in [1.807, 2.05) is 0 Å². The number of anilines is 3. The maximum Gasteiger partial charge on any atom is 0.0547 e. The fraction of sp³-hybridized carbons (Fsp3) is 0. The highest BCUT2D eigenvalue weighted by Gasteiger charge is 2.17. The molecule has 10 aromatic rings. The fourth-order valence-electron chi connectivity index (χ4n) is 7.76. The first-order chi connectivity index (χ1) is 25.8. The first kappa shape index (κ1) is 30.0. The summed E-state index contributed by atoms with van der Waals surface area (Å²) in [6, 6.07) is 74.7. The summed E-state index contributed by atoms with van der Waals surface area (Å²) in [5.74, 6) is 0. The minimum atomic E-state index is 1.10. The zero-order valence-corrected chi connectivity index (χ0v) is 28.5. The van der Waals surface area contributed by atoms with Crippen LogP contribution in [0.2, 0.25) is 0 Å². The van der Waals surface area contributed by atoms with Crippen LogP contribution in [-0.2, 0) is 0 Å². The van der Waals surface area contributed by atoms with Gasteiger partial charge in [0.2, 0.25) is 0 Å². The van der Waals surface area contributed by atoms with Gasteiger partial charge in [-0.3, -0.25) is 0 Å². The molecule has 9 aromatic carbocycles. The lowest BCUT2D eigenvalue weighted by molar-refractivity contribution is 1.17. The van der Waals surface area contributed by atoms with E-state index in [1.165, 1.54) is 65.6 Å². The zero-order valence-electron chi connectivity index (χ0n) is 28.5. The van der Waals surface area contributed by atoms with Crippen LogP contribution >= 0.6 is 0 Å². The minimum Gasteiger partial charge on any atom is -0.310 e. The first-order valence-electron chi connectivity index (χ1n) is 17.8. The molecule has 0 aliphatic heterocycles. The quantitative estimate of drug-likeness (QED) is 0.172. The minimum absolute atomic E-state index is 1.10. The van der Waals surface area contributed by atoms with E-state index in [1.54, 1.807) is 0 Å². The second-order valence-corrected chi connectivity index (χ2v) is 13.4. The summed E-state index contributed by atoms with van der Waals surface area (Å²) in [4.78, 5) is 2.36. The molecule has 0 N–H and O–H groups in total. The molecule has 2 nitrogen and oxygen atoms in total. The maximum absolute atomic E-state index is 2.40. The van der Waals surface area contributed by atoms with Gasteiger partial charge in [0.25, 0.3) is 0 Å². The molecule has 0 aliphatic rings. The van der Waals surface area contributed by atoms with Crippen molar-refractivity contribution in [3.8, 4) is 27.9 Å².